The van der Waals surface area contributed by atoms with E-state index in [2.05, 4.69) is 4.98 Å². The molecule has 3 aromatic rings. The fraction of sp³-hybridized carbons (Fsp3) is 0.333. The fourth-order valence-electron chi connectivity index (χ4n) is 3.68. The van der Waals surface area contributed by atoms with E-state index in [1.165, 1.54) is 4.90 Å². The van der Waals surface area contributed by atoms with Gasteiger partial charge in [-0.2, -0.15) is 4.31 Å². The Bertz CT molecular complexity index is 1190. The first-order valence-electron chi connectivity index (χ1n) is 9.72. The van der Waals surface area contributed by atoms with E-state index in [1.54, 1.807) is 33.1 Å². The second kappa shape index (κ2) is 7.70. The molecule has 7 nitrogen and oxygen atoms in total. The van der Waals surface area contributed by atoms with Gasteiger partial charge in [-0.15, -0.1) is 0 Å². The van der Waals surface area contributed by atoms with Gasteiger partial charge in [-0.25, -0.2) is 13.4 Å². The molecule has 1 saturated heterocycles. The van der Waals surface area contributed by atoms with Gasteiger partial charge in [0.2, 0.25) is 10.0 Å². The van der Waals surface area contributed by atoms with Gasteiger partial charge in [0.05, 0.1) is 31.1 Å². The van der Waals surface area contributed by atoms with Crippen molar-refractivity contribution in [1.82, 2.24) is 13.7 Å². The monoisotopic (exact) mass is 413 g/mol. The summed E-state index contributed by atoms with van der Waals surface area (Å²) in [6.45, 7) is 6.76. The number of benzene rings is 1. The summed E-state index contributed by atoms with van der Waals surface area (Å²) in [5.74, 6) is 0. The Kier molecular flexibility index (Phi) is 5.24. The molecule has 0 bridgehead atoms. The Balaban J connectivity index is 1.45. The van der Waals surface area contributed by atoms with Crippen LogP contribution in [0.25, 0.3) is 5.65 Å². The van der Waals surface area contributed by atoms with Gasteiger partial charge in [-0.3, -0.25) is 9.20 Å². The van der Waals surface area contributed by atoms with Crippen LogP contribution in [0.3, 0.4) is 0 Å². The maximum absolute atomic E-state index is 12.8. The summed E-state index contributed by atoms with van der Waals surface area (Å²) in [6.07, 6.45) is 1.79. The molecular weight excluding hydrogens is 388 g/mol. The van der Waals surface area contributed by atoms with Gasteiger partial charge in [0, 0.05) is 12.3 Å². The predicted molar refractivity (Wildman–Crippen MR) is 111 cm³/mol. The molecule has 0 saturated carbocycles. The quantitative estimate of drug-likeness (QED) is 0.672. The number of pyridine rings is 1. The van der Waals surface area contributed by atoms with Crippen molar-refractivity contribution in [2.24, 2.45) is 0 Å². The number of piperazine rings is 1. The normalized spacial score (nSPS) is 16.3. The Morgan fingerprint density at radius 1 is 1.00 bits per heavy atom. The molecule has 0 spiro atoms. The van der Waals surface area contributed by atoms with Gasteiger partial charge < -0.3 is 4.90 Å². The number of rotatable bonds is 4. The molecular formula is C21H25N4O3S+. The van der Waals surface area contributed by atoms with E-state index >= 15 is 0 Å². The van der Waals surface area contributed by atoms with Crippen LogP contribution in [0, 0.1) is 13.8 Å². The highest BCUT2D eigenvalue weighted by Gasteiger charge is 2.30. The molecule has 0 amide bonds. The van der Waals surface area contributed by atoms with Gasteiger partial charge in [-0.1, -0.05) is 23.8 Å². The summed E-state index contributed by atoms with van der Waals surface area (Å²) >= 11 is 0. The first kappa shape index (κ1) is 19.8. The predicted octanol–water partition coefficient (Wildman–Crippen LogP) is 0.401. The first-order chi connectivity index (χ1) is 13.8. The lowest BCUT2D eigenvalue weighted by molar-refractivity contribution is -0.917. The standard InChI is InChI=1S/C21H24N4O3S/c1-16-3-6-19(7-4-16)29(27,28)24-11-9-23(10-12-24)15-18-13-21(26)25-14-17(2)5-8-20(25)22-18/h3-8,13-14H,9-12,15H2,1-2H3/p+1. The number of sulfonamides is 1. The van der Waals surface area contributed by atoms with E-state index in [-0.39, 0.29) is 5.56 Å². The van der Waals surface area contributed by atoms with Crippen LogP contribution in [0.4, 0.5) is 0 Å². The van der Waals surface area contributed by atoms with Gasteiger partial charge in [0.15, 0.2) is 0 Å². The van der Waals surface area contributed by atoms with E-state index in [4.69, 9.17) is 0 Å². The van der Waals surface area contributed by atoms with Crippen LogP contribution < -0.4 is 10.5 Å². The number of hydrogen-bond acceptors (Lipinski definition) is 4. The number of aromatic nitrogens is 2. The van der Waals surface area contributed by atoms with Crippen LogP contribution >= 0.6 is 0 Å². The average Bonchev–Trinajstić information content (AvgIpc) is 2.69. The molecule has 0 aliphatic carbocycles. The molecule has 1 aliphatic rings. The van der Waals surface area contributed by atoms with E-state index < -0.39 is 10.0 Å². The van der Waals surface area contributed by atoms with Crippen LogP contribution in [0.1, 0.15) is 16.8 Å². The van der Waals surface area contributed by atoms with Crippen molar-refractivity contribution in [1.29, 1.82) is 0 Å². The number of hydrogen-bond donors (Lipinski definition) is 1. The van der Waals surface area contributed by atoms with Crippen molar-refractivity contribution in [3.63, 3.8) is 0 Å². The second-order valence-electron chi connectivity index (χ2n) is 7.66. The Labute approximate surface area is 170 Å². The van der Waals surface area contributed by atoms with Gasteiger partial charge in [0.1, 0.15) is 17.9 Å². The molecule has 2 aromatic heterocycles. The van der Waals surface area contributed by atoms with Crippen LogP contribution in [-0.2, 0) is 16.6 Å². The molecule has 1 aromatic carbocycles. The van der Waals surface area contributed by atoms with Crippen molar-refractivity contribution in [3.05, 3.63) is 75.8 Å². The minimum atomic E-state index is -3.46. The topological polar surface area (TPSA) is 76.2 Å². The van der Waals surface area contributed by atoms with E-state index in [1.807, 2.05) is 38.1 Å². The van der Waals surface area contributed by atoms with Crippen molar-refractivity contribution >= 4 is 15.7 Å². The number of nitrogens with one attached hydrogen (secondary N) is 1. The molecule has 0 unspecified atom stereocenters. The van der Waals surface area contributed by atoms with Crippen molar-refractivity contribution in [2.45, 2.75) is 25.3 Å². The zero-order valence-corrected chi connectivity index (χ0v) is 17.4. The third kappa shape index (κ3) is 4.10. The second-order valence-corrected chi connectivity index (χ2v) is 9.60. The summed E-state index contributed by atoms with van der Waals surface area (Å²) in [6, 6.07) is 12.3. The smallest absolute Gasteiger partial charge is 0.258 e. The molecule has 29 heavy (non-hydrogen) atoms. The van der Waals surface area contributed by atoms with Gasteiger partial charge in [-0.05, 0) is 37.6 Å². The number of aryl methyl sites for hydroxylation is 2. The van der Waals surface area contributed by atoms with E-state index in [0.29, 0.717) is 43.3 Å². The number of quaternary nitrogens is 1. The lowest BCUT2D eigenvalue weighted by Gasteiger charge is -2.31. The van der Waals surface area contributed by atoms with Crippen molar-refractivity contribution in [2.75, 3.05) is 26.2 Å². The van der Waals surface area contributed by atoms with Crippen LogP contribution in [0.2, 0.25) is 0 Å². The summed E-state index contributed by atoms with van der Waals surface area (Å²) < 4.78 is 28.8. The van der Waals surface area contributed by atoms with Crippen LogP contribution in [0.5, 0.6) is 0 Å². The molecule has 1 N–H and O–H groups in total. The van der Waals surface area contributed by atoms with Gasteiger partial charge in [0.25, 0.3) is 5.56 Å². The molecule has 4 rings (SSSR count). The molecule has 152 valence electrons. The molecule has 3 heterocycles. The van der Waals surface area contributed by atoms with Crippen LogP contribution in [0.15, 0.2) is 58.4 Å². The zero-order chi connectivity index (χ0) is 20.6. The third-order valence-electron chi connectivity index (χ3n) is 5.38. The molecule has 1 fully saturated rings. The van der Waals surface area contributed by atoms with Crippen molar-refractivity contribution < 1.29 is 13.3 Å². The summed E-state index contributed by atoms with van der Waals surface area (Å²) in [5.41, 5.74) is 3.33. The lowest BCUT2D eigenvalue weighted by atomic mass is 10.2. The van der Waals surface area contributed by atoms with E-state index in [9.17, 15) is 13.2 Å². The summed E-state index contributed by atoms with van der Waals surface area (Å²) in [4.78, 5) is 18.6. The Morgan fingerprint density at radius 2 is 1.66 bits per heavy atom. The minimum Gasteiger partial charge on any atom is -0.328 e. The molecule has 0 atom stereocenters. The Morgan fingerprint density at radius 3 is 2.34 bits per heavy atom. The van der Waals surface area contributed by atoms with E-state index in [0.717, 1.165) is 16.8 Å². The lowest BCUT2D eigenvalue weighted by Crippen LogP contribution is -3.13. The Hall–Kier alpha value is -2.55. The molecule has 1 aliphatic heterocycles. The maximum Gasteiger partial charge on any atom is 0.258 e. The summed E-state index contributed by atoms with van der Waals surface area (Å²) in [7, 11) is -3.46. The minimum absolute atomic E-state index is 0.0892. The van der Waals surface area contributed by atoms with Crippen molar-refractivity contribution in [3.8, 4) is 0 Å². The van der Waals surface area contributed by atoms with Crippen LogP contribution in [-0.4, -0.2) is 48.3 Å². The highest BCUT2D eigenvalue weighted by molar-refractivity contribution is 7.89. The highest BCUT2D eigenvalue weighted by atomic mass is 32.2. The zero-order valence-electron chi connectivity index (χ0n) is 16.6. The first-order valence-corrected chi connectivity index (χ1v) is 11.2. The number of nitrogens with zero attached hydrogens (tertiary/aromatic N) is 3. The van der Waals surface area contributed by atoms with Gasteiger partial charge >= 0.3 is 0 Å². The third-order valence-corrected chi connectivity index (χ3v) is 7.29. The molecule has 0 radical (unpaired) electrons. The molecule has 8 heteroatoms. The average molecular weight is 414 g/mol. The number of fused-ring (bicyclic) bond motifs is 1. The maximum atomic E-state index is 12.8. The largest absolute Gasteiger partial charge is 0.328 e. The summed E-state index contributed by atoms with van der Waals surface area (Å²) in [5, 5.41) is 0. The highest BCUT2D eigenvalue weighted by Crippen LogP contribution is 2.16. The SMILES string of the molecule is Cc1ccc(S(=O)(=O)N2CC[NH+](Cc3cc(=O)n4cc(C)ccc4n3)CC2)cc1. The fourth-order valence-corrected chi connectivity index (χ4v) is 5.13.